The van der Waals surface area contributed by atoms with Crippen molar-refractivity contribution in [2.75, 3.05) is 5.32 Å². The van der Waals surface area contributed by atoms with E-state index in [1.54, 1.807) is 6.26 Å². The van der Waals surface area contributed by atoms with Crippen molar-refractivity contribution in [3.05, 3.63) is 60.1 Å². The fraction of sp³-hybridized carbons (Fsp3) is 0.235. The lowest BCUT2D eigenvalue weighted by Crippen LogP contribution is -2.19. The van der Waals surface area contributed by atoms with Crippen molar-refractivity contribution in [3.63, 3.8) is 0 Å². The zero-order chi connectivity index (χ0) is 13.9. The van der Waals surface area contributed by atoms with Gasteiger partial charge in [0.15, 0.2) is 0 Å². The van der Waals surface area contributed by atoms with Gasteiger partial charge in [0.05, 0.1) is 11.8 Å². The molecule has 2 heterocycles. The molecule has 1 N–H and O–H groups in total. The monoisotopic (exact) mass is 266 g/mol. The molecule has 102 valence electrons. The van der Waals surface area contributed by atoms with E-state index < -0.39 is 0 Å². The Morgan fingerprint density at radius 1 is 1.20 bits per heavy atom. The summed E-state index contributed by atoms with van der Waals surface area (Å²) < 4.78 is 5.38. The predicted octanol–water partition coefficient (Wildman–Crippen LogP) is 4.18. The van der Waals surface area contributed by atoms with Gasteiger partial charge in [-0.2, -0.15) is 0 Å². The maximum Gasteiger partial charge on any atom is 0.129 e. The van der Waals surface area contributed by atoms with E-state index in [0.717, 1.165) is 29.1 Å². The van der Waals surface area contributed by atoms with Gasteiger partial charge in [-0.25, -0.2) is 4.98 Å². The molecule has 0 aliphatic carbocycles. The Balaban J connectivity index is 1.81. The minimum Gasteiger partial charge on any atom is -0.469 e. The Labute approximate surface area is 118 Å². The Morgan fingerprint density at radius 3 is 2.85 bits per heavy atom. The lowest BCUT2D eigenvalue weighted by molar-refractivity contribution is 0.497. The van der Waals surface area contributed by atoms with Crippen LogP contribution in [-0.4, -0.2) is 11.0 Å². The van der Waals surface area contributed by atoms with E-state index in [9.17, 15) is 0 Å². The van der Waals surface area contributed by atoms with Gasteiger partial charge in [-0.3, -0.25) is 0 Å². The molecular formula is C17H18N2O. The van der Waals surface area contributed by atoms with Crippen LogP contribution in [0.1, 0.15) is 18.2 Å². The number of aryl methyl sites for hydroxylation is 1. The Hall–Kier alpha value is -2.29. The Bertz CT molecular complexity index is 704. The van der Waals surface area contributed by atoms with E-state index in [-0.39, 0.29) is 6.04 Å². The second-order valence-electron chi connectivity index (χ2n) is 5.18. The van der Waals surface area contributed by atoms with Gasteiger partial charge in [0.2, 0.25) is 0 Å². The second kappa shape index (κ2) is 5.37. The molecule has 0 saturated carbocycles. The summed E-state index contributed by atoms with van der Waals surface area (Å²) in [5, 5.41) is 4.64. The smallest absolute Gasteiger partial charge is 0.129 e. The summed E-state index contributed by atoms with van der Waals surface area (Å²) in [6.07, 6.45) is 2.56. The summed E-state index contributed by atoms with van der Waals surface area (Å²) in [7, 11) is 0. The largest absolute Gasteiger partial charge is 0.469 e. The molecule has 3 heteroatoms. The number of nitrogens with zero attached hydrogens (tertiary/aromatic N) is 1. The molecule has 0 saturated heterocycles. The minimum absolute atomic E-state index is 0.272. The third-order valence-corrected chi connectivity index (χ3v) is 3.39. The highest BCUT2D eigenvalue weighted by Gasteiger charge is 2.09. The van der Waals surface area contributed by atoms with E-state index in [4.69, 9.17) is 9.40 Å². The maximum absolute atomic E-state index is 5.38. The molecule has 1 aromatic carbocycles. The summed E-state index contributed by atoms with van der Waals surface area (Å²) in [6.45, 7) is 4.22. The van der Waals surface area contributed by atoms with Gasteiger partial charge in [0, 0.05) is 17.8 Å². The lowest BCUT2D eigenvalue weighted by Gasteiger charge is -2.15. The van der Waals surface area contributed by atoms with Gasteiger partial charge in [0.25, 0.3) is 0 Å². The lowest BCUT2D eigenvalue weighted by atomic mass is 10.1. The van der Waals surface area contributed by atoms with Crippen molar-refractivity contribution >= 4 is 16.7 Å². The van der Waals surface area contributed by atoms with Crippen LogP contribution in [0, 0.1) is 6.92 Å². The number of furan rings is 1. The third kappa shape index (κ3) is 2.67. The first-order chi connectivity index (χ1) is 9.72. The summed E-state index contributed by atoms with van der Waals surface area (Å²) in [5.74, 6) is 1.94. The Kier molecular flexibility index (Phi) is 3.42. The zero-order valence-electron chi connectivity index (χ0n) is 11.8. The molecule has 3 nitrogen and oxygen atoms in total. The molecule has 1 unspecified atom stereocenters. The van der Waals surface area contributed by atoms with Crippen molar-refractivity contribution in [3.8, 4) is 0 Å². The number of aromatic nitrogens is 1. The molecule has 0 aliphatic rings. The molecule has 3 rings (SSSR count). The molecule has 1 atom stereocenters. The fourth-order valence-electron chi connectivity index (χ4n) is 2.38. The summed E-state index contributed by atoms with van der Waals surface area (Å²) in [5.41, 5.74) is 2.18. The number of para-hydroxylation sites is 1. The number of rotatable bonds is 4. The topological polar surface area (TPSA) is 38.1 Å². The van der Waals surface area contributed by atoms with Crippen LogP contribution in [0.4, 0.5) is 5.82 Å². The van der Waals surface area contributed by atoms with E-state index in [1.807, 2.05) is 30.3 Å². The Morgan fingerprint density at radius 2 is 2.05 bits per heavy atom. The molecular weight excluding hydrogens is 248 g/mol. The molecule has 0 fully saturated rings. The van der Waals surface area contributed by atoms with Gasteiger partial charge >= 0.3 is 0 Å². The molecule has 2 aromatic heterocycles. The van der Waals surface area contributed by atoms with Crippen LogP contribution >= 0.6 is 0 Å². The van der Waals surface area contributed by atoms with Crippen LogP contribution in [0.15, 0.2) is 53.1 Å². The van der Waals surface area contributed by atoms with Gasteiger partial charge in [-0.05, 0) is 43.7 Å². The van der Waals surface area contributed by atoms with E-state index in [2.05, 4.69) is 31.3 Å². The van der Waals surface area contributed by atoms with Gasteiger partial charge < -0.3 is 9.73 Å². The summed E-state index contributed by atoms with van der Waals surface area (Å²) in [6, 6.07) is 14.5. The van der Waals surface area contributed by atoms with Crippen LogP contribution in [0.5, 0.6) is 0 Å². The first kappa shape index (κ1) is 12.7. The number of nitrogens with one attached hydrogen (secondary N) is 1. The summed E-state index contributed by atoms with van der Waals surface area (Å²) >= 11 is 0. The van der Waals surface area contributed by atoms with Gasteiger partial charge in [-0.15, -0.1) is 0 Å². The van der Waals surface area contributed by atoms with Crippen LogP contribution in [0.2, 0.25) is 0 Å². The SMILES string of the molecule is Cc1cc2ccccc2nc1NC(C)Cc1ccco1. The normalized spacial score (nSPS) is 12.5. The fourth-order valence-corrected chi connectivity index (χ4v) is 2.38. The molecule has 0 spiro atoms. The third-order valence-electron chi connectivity index (χ3n) is 3.39. The van der Waals surface area contributed by atoms with Crippen molar-refractivity contribution in [1.29, 1.82) is 0 Å². The average Bonchev–Trinajstić information content (AvgIpc) is 2.92. The first-order valence-electron chi connectivity index (χ1n) is 6.87. The highest BCUT2D eigenvalue weighted by Crippen LogP contribution is 2.20. The molecule has 0 amide bonds. The van der Waals surface area contributed by atoms with Crippen molar-refractivity contribution in [2.45, 2.75) is 26.3 Å². The molecule has 20 heavy (non-hydrogen) atoms. The highest BCUT2D eigenvalue weighted by molar-refractivity contribution is 5.81. The average molecular weight is 266 g/mol. The van der Waals surface area contributed by atoms with Crippen molar-refractivity contribution in [1.82, 2.24) is 4.98 Å². The number of fused-ring (bicyclic) bond motifs is 1. The molecule has 0 bridgehead atoms. The van der Waals surface area contributed by atoms with E-state index in [0.29, 0.717) is 0 Å². The maximum atomic E-state index is 5.38. The van der Waals surface area contributed by atoms with Crippen LogP contribution in [0.3, 0.4) is 0 Å². The van der Waals surface area contributed by atoms with Crippen LogP contribution in [0.25, 0.3) is 10.9 Å². The summed E-state index contributed by atoms with van der Waals surface area (Å²) in [4.78, 5) is 4.70. The van der Waals surface area contributed by atoms with Crippen molar-refractivity contribution < 1.29 is 4.42 Å². The second-order valence-corrected chi connectivity index (χ2v) is 5.18. The van der Waals surface area contributed by atoms with E-state index in [1.165, 1.54) is 5.39 Å². The minimum atomic E-state index is 0.272. The number of anilines is 1. The standard InChI is InChI=1S/C17H18N2O/c1-12-10-14-6-3-4-8-16(14)19-17(12)18-13(2)11-15-7-5-9-20-15/h3-10,13H,11H2,1-2H3,(H,18,19). The molecule has 0 radical (unpaired) electrons. The molecule has 0 aliphatic heterocycles. The van der Waals surface area contributed by atoms with Gasteiger partial charge in [-0.1, -0.05) is 18.2 Å². The predicted molar refractivity (Wildman–Crippen MR) is 82.0 cm³/mol. The van der Waals surface area contributed by atoms with Crippen LogP contribution < -0.4 is 5.32 Å². The highest BCUT2D eigenvalue weighted by atomic mass is 16.3. The van der Waals surface area contributed by atoms with E-state index >= 15 is 0 Å². The number of hydrogen-bond acceptors (Lipinski definition) is 3. The number of benzene rings is 1. The quantitative estimate of drug-likeness (QED) is 0.769. The zero-order valence-corrected chi connectivity index (χ0v) is 11.8. The first-order valence-corrected chi connectivity index (χ1v) is 6.87. The number of hydrogen-bond donors (Lipinski definition) is 1. The number of pyridine rings is 1. The van der Waals surface area contributed by atoms with Crippen LogP contribution in [-0.2, 0) is 6.42 Å². The van der Waals surface area contributed by atoms with Crippen molar-refractivity contribution in [2.24, 2.45) is 0 Å². The molecule has 3 aromatic rings. The van der Waals surface area contributed by atoms with Gasteiger partial charge in [0.1, 0.15) is 11.6 Å².